The molecular formula is C73H131NO3. The van der Waals surface area contributed by atoms with Crippen molar-refractivity contribution in [1.82, 2.24) is 5.32 Å². The minimum atomic E-state index is -0.876. The number of allylic oxidation sites excluding steroid dienone is 15. The van der Waals surface area contributed by atoms with Gasteiger partial charge >= 0.3 is 0 Å². The zero-order valence-corrected chi connectivity index (χ0v) is 51.5. The van der Waals surface area contributed by atoms with Crippen molar-refractivity contribution < 1.29 is 15.0 Å². The van der Waals surface area contributed by atoms with Crippen LogP contribution >= 0.6 is 0 Å². The lowest BCUT2D eigenvalue weighted by molar-refractivity contribution is -0.123. The van der Waals surface area contributed by atoms with Gasteiger partial charge in [-0.2, -0.15) is 0 Å². The predicted octanol–water partition coefficient (Wildman–Crippen LogP) is 23.2. The van der Waals surface area contributed by atoms with Crippen LogP contribution in [0.4, 0.5) is 0 Å². The van der Waals surface area contributed by atoms with Crippen molar-refractivity contribution in [3.63, 3.8) is 0 Å². The van der Waals surface area contributed by atoms with Crippen LogP contribution in [0.15, 0.2) is 97.2 Å². The van der Waals surface area contributed by atoms with E-state index in [0.29, 0.717) is 6.42 Å². The molecule has 4 nitrogen and oxygen atoms in total. The quantitative estimate of drug-likeness (QED) is 0.0420. The molecule has 0 aliphatic carbocycles. The first-order valence-corrected chi connectivity index (χ1v) is 34.0. The third-order valence-corrected chi connectivity index (χ3v) is 15.3. The number of aliphatic hydroxyl groups is 2. The minimum absolute atomic E-state index is 0.0763. The van der Waals surface area contributed by atoms with E-state index >= 15 is 0 Å². The Bertz CT molecular complexity index is 1400. The number of amides is 1. The van der Waals surface area contributed by atoms with E-state index in [1.54, 1.807) is 6.08 Å². The summed E-state index contributed by atoms with van der Waals surface area (Å²) in [4.78, 5) is 12.5. The van der Waals surface area contributed by atoms with Gasteiger partial charge in [-0.3, -0.25) is 4.79 Å². The van der Waals surface area contributed by atoms with Gasteiger partial charge in [0.1, 0.15) is 0 Å². The Morgan fingerprint density at radius 3 is 0.909 bits per heavy atom. The predicted molar refractivity (Wildman–Crippen MR) is 345 cm³/mol. The number of rotatable bonds is 62. The maximum Gasteiger partial charge on any atom is 0.220 e. The van der Waals surface area contributed by atoms with E-state index < -0.39 is 12.1 Å². The van der Waals surface area contributed by atoms with Gasteiger partial charge in [-0.05, 0) is 89.9 Å². The van der Waals surface area contributed by atoms with Crippen LogP contribution in [0.1, 0.15) is 341 Å². The summed E-state index contributed by atoms with van der Waals surface area (Å²) < 4.78 is 0. The van der Waals surface area contributed by atoms with E-state index in [4.69, 9.17) is 0 Å². The summed E-state index contributed by atoms with van der Waals surface area (Å²) in [5, 5.41) is 23.2. The second-order valence-electron chi connectivity index (χ2n) is 22.8. The van der Waals surface area contributed by atoms with Crippen molar-refractivity contribution in [2.45, 2.75) is 353 Å². The van der Waals surface area contributed by atoms with Gasteiger partial charge in [-0.25, -0.2) is 0 Å². The van der Waals surface area contributed by atoms with E-state index in [9.17, 15) is 15.0 Å². The monoisotopic (exact) mass is 1070 g/mol. The molecule has 446 valence electrons. The molecule has 0 heterocycles. The zero-order valence-electron chi connectivity index (χ0n) is 51.5. The molecule has 0 aliphatic rings. The van der Waals surface area contributed by atoms with Gasteiger partial charge in [-0.1, -0.05) is 342 Å². The molecule has 2 atom stereocenters. The zero-order chi connectivity index (χ0) is 55.5. The Labute approximate surface area is 481 Å². The highest BCUT2D eigenvalue weighted by Gasteiger charge is 2.18. The Balaban J connectivity index is 3.52. The summed E-state index contributed by atoms with van der Waals surface area (Å²) in [6, 6.07) is -0.652. The first-order chi connectivity index (χ1) is 38.2. The van der Waals surface area contributed by atoms with E-state index in [1.165, 1.54) is 250 Å². The van der Waals surface area contributed by atoms with Gasteiger partial charge in [0.25, 0.3) is 0 Å². The summed E-state index contributed by atoms with van der Waals surface area (Å²) in [5.41, 5.74) is 0. The molecule has 4 heteroatoms. The lowest BCUT2D eigenvalue weighted by Crippen LogP contribution is -2.45. The number of nitrogens with one attached hydrogen (secondary N) is 1. The molecule has 2 unspecified atom stereocenters. The smallest absolute Gasteiger partial charge is 0.220 e. The molecule has 0 aromatic rings. The second kappa shape index (κ2) is 67.6. The molecule has 0 spiro atoms. The molecule has 0 aromatic carbocycles. The molecule has 0 saturated carbocycles. The molecule has 0 radical (unpaired) electrons. The van der Waals surface area contributed by atoms with Crippen LogP contribution in [-0.4, -0.2) is 34.9 Å². The van der Waals surface area contributed by atoms with Crippen molar-refractivity contribution in [3.05, 3.63) is 97.2 Å². The molecule has 0 aromatic heterocycles. The molecule has 77 heavy (non-hydrogen) atoms. The van der Waals surface area contributed by atoms with Crippen molar-refractivity contribution in [1.29, 1.82) is 0 Å². The minimum Gasteiger partial charge on any atom is -0.394 e. The van der Waals surface area contributed by atoms with E-state index in [1.807, 2.05) is 6.08 Å². The van der Waals surface area contributed by atoms with Crippen molar-refractivity contribution in [2.75, 3.05) is 6.61 Å². The first kappa shape index (κ1) is 74.3. The van der Waals surface area contributed by atoms with Crippen molar-refractivity contribution >= 4 is 5.91 Å². The highest BCUT2D eigenvalue weighted by molar-refractivity contribution is 5.76. The van der Waals surface area contributed by atoms with Crippen LogP contribution in [0.5, 0.6) is 0 Å². The van der Waals surface area contributed by atoms with Crippen LogP contribution in [0.2, 0.25) is 0 Å². The maximum atomic E-state index is 12.5. The van der Waals surface area contributed by atoms with Crippen LogP contribution in [0.3, 0.4) is 0 Å². The second-order valence-corrected chi connectivity index (χ2v) is 22.8. The molecule has 0 bridgehead atoms. The van der Waals surface area contributed by atoms with Crippen LogP contribution in [0.25, 0.3) is 0 Å². The number of unbranched alkanes of at least 4 members (excludes halogenated alkanes) is 41. The Kier molecular flexibility index (Phi) is 65.2. The number of hydrogen-bond acceptors (Lipinski definition) is 3. The largest absolute Gasteiger partial charge is 0.394 e. The average molecular weight is 1070 g/mol. The lowest BCUT2D eigenvalue weighted by Gasteiger charge is -2.19. The SMILES string of the molecule is CC/C=C\C/C=C\C/C=C\C/C=C\C/C=C\CCCCCCCCCCCCCCCCCCCC(=O)NC(CO)C(O)/C=C/CC/C=C/CC/C=C/CCCCCCCCCCCCCCCCCCCCCCCC. The summed E-state index contributed by atoms with van der Waals surface area (Å²) in [5.74, 6) is -0.0763. The number of carbonyl (C=O) groups excluding carboxylic acids is 1. The molecule has 0 saturated heterocycles. The van der Waals surface area contributed by atoms with E-state index in [0.717, 1.165) is 70.6 Å². The van der Waals surface area contributed by atoms with Gasteiger partial charge in [0.2, 0.25) is 5.91 Å². The standard InChI is InChI=1S/C73H131NO3/c1-3-5-7-9-11-13-15-17-19-21-23-25-27-29-31-33-35-37-39-41-43-45-47-49-51-53-55-57-59-61-63-65-67-69-73(77)74-71(70-75)72(76)68-66-64-62-60-58-56-54-52-50-48-46-44-42-40-38-36-34-32-30-28-26-24-22-20-18-16-14-12-10-8-6-4-2/h5,7,11,13,17,19,23,25,29,31,50,52,58,60,66,68,71-72,75-76H,3-4,6,8-10,12,14-16,18,20-22,24,26-28,30,32-49,51,53-57,59,61-65,67,69-70H2,1-2H3,(H,74,77)/b7-5-,13-11-,19-17-,25-23-,31-29-,52-50+,60-58+,68-66+. The maximum absolute atomic E-state index is 12.5. The van der Waals surface area contributed by atoms with Gasteiger partial charge in [0.05, 0.1) is 18.8 Å². The van der Waals surface area contributed by atoms with Gasteiger partial charge in [-0.15, -0.1) is 0 Å². The topological polar surface area (TPSA) is 69.6 Å². The Morgan fingerprint density at radius 2 is 0.584 bits per heavy atom. The Morgan fingerprint density at radius 1 is 0.325 bits per heavy atom. The fraction of sp³-hybridized carbons (Fsp3) is 0.767. The van der Waals surface area contributed by atoms with Gasteiger partial charge in [0, 0.05) is 6.42 Å². The van der Waals surface area contributed by atoms with Crippen molar-refractivity contribution in [2.24, 2.45) is 0 Å². The van der Waals surface area contributed by atoms with Crippen LogP contribution in [-0.2, 0) is 4.79 Å². The molecule has 0 aliphatic heterocycles. The van der Waals surface area contributed by atoms with Crippen LogP contribution in [0, 0.1) is 0 Å². The normalized spacial score (nSPS) is 13.4. The highest BCUT2D eigenvalue weighted by atomic mass is 16.3. The summed E-state index contributed by atoms with van der Waals surface area (Å²) in [6.45, 7) is 4.21. The molecule has 3 N–H and O–H groups in total. The summed E-state index contributed by atoms with van der Waals surface area (Å²) in [7, 11) is 0. The number of hydrogen-bond donors (Lipinski definition) is 3. The Hall–Kier alpha value is -2.69. The third-order valence-electron chi connectivity index (χ3n) is 15.3. The fourth-order valence-electron chi connectivity index (χ4n) is 10.2. The fourth-order valence-corrected chi connectivity index (χ4v) is 10.2. The molecule has 1 amide bonds. The molecule has 0 fully saturated rings. The first-order valence-electron chi connectivity index (χ1n) is 34.0. The van der Waals surface area contributed by atoms with E-state index in [2.05, 4.69) is 104 Å². The van der Waals surface area contributed by atoms with Gasteiger partial charge in [0.15, 0.2) is 0 Å². The van der Waals surface area contributed by atoms with Gasteiger partial charge < -0.3 is 15.5 Å². The van der Waals surface area contributed by atoms with Crippen molar-refractivity contribution in [3.8, 4) is 0 Å². The number of aliphatic hydroxyl groups excluding tert-OH is 2. The molecule has 0 rings (SSSR count). The summed E-state index contributed by atoms with van der Waals surface area (Å²) >= 11 is 0. The molecular weight excluding hydrogens is 939 g/mol. The van der Waals surface area contributed by atoms with Crippen LogP contribution < -0.4 is 5.32 Å². The average Bonchev–Trinajstić information content (AvgIpc) is 3.43. The highest BCUT2D eigenvalue weighted by Crippen LogP contribution is 2.18. The third kappa shape index (κ3) is 64.0. The van der Waals surface area contributed by atoms with E-state index in [-0.39, 0.29) is 12.5 Å². The lowest BCUT2D eigenvalue weighted by atomic mass is 10.0. The number of carbonyl (C=O) groups is 1. The summed E-state index contributed by atoms with van der Waals surface area (Å²) in [6.07, 6.45) is 101.